The molecule has 0 aliphatic carbocycles. The lowest BCUT2D eigenvalue weighted by Crippen LogP contribution is -2.39. The number of rotatable bonds is 13. The fraction of sp³-hybridized carbons (Fsp3) is 0.938. The van der Waals surface area contributed by atoms with Gasteiger partial charge in [-0.25, -0.2) is 8.42 Å². The lowest BCUT2D eigenvalue weighted by atomic mass is 10.2. The number of hydrogen-bond acceptors (Lipinski definition) is 6. The summed E-state index contributed by atoms with van der Waals surface area (Å²) in [5.74, 6) is 0.779. The van der Waals surface area contributed by atoms with Crippen LogP contribution < -0.4 is 10.6 Å². The Labute approximate surface area is 174 Å². The van der Waals surface area contributed by atoms with E-state index in [2.05, 4.69) is 15.6 Å². The molecule has 0 saturated carbocycles. The molecule has 26 heavy (non-hydrogen) atoms. The highest BCUT2D eigenvalue weighted by Crippen LogP contribution is 2.11. The number of ether oxygens (including phenoxy) is 3. The van der Waals surface area contributed by atoms with Crippen LogP contribution in [0.25, 0.3) is 0 Å². The topological polar surface area (TPSA) is 98.2 Å². The van der Waals surface area contributed by atoms with Gasteiger partial charge in [0.05, 0.1) is 31.7 Å². The molecule has 0 amide bonds. The van der Waals surface area contributed by atoms with Crippen LogP contribution in [0.4, 0.5) is 0 Å². The number of aliphatic imine (C=N–C) groups is 1. The third-order valence-electron chi connectivity index (χ3n) is 3.53. The molecule has 0 aromatic heterocycles. The number of guanidine groups is 1. The maximum atomic E-state index is 11.0. The van der Waals surface area contributed by atoms with E-state index >= 15 is 0 Å². The van der Waals surface area contributed by atoms with Crippen LogP contribution in [0.5, 0.6) is 0 Å². The summed E-state index contributed by atoms with van der Waals surface area (Å²) in [5, 5.41) is 6.32. The SMILES string of the molecule is CCNC(=NCCCOCC1CCCO1)NCCOCCS(C)(=O)=O.I. The van der Waals surface area contributed by atoms with Gasteiger partial charge in [-0.3, -0.25) is 4.99 Å². The van der Waals surface area contributed by atoms with Crippen molar-refractivity contribution in [3.8, 4) is 0 Å². The Balaban J connectivity index is 0.00000625. The largest absolute Gasteiger partial charge is 0.379 e. The van der Waals surface area contributed by atoms with Crippen LogP contribution in [0.2, 0.25) is 0 Å². The summed E-state index contributed by atoms with van der Waals surface area (Å²) in [7, 11) is -2.96. The second kappa shape index (κ2) is 15.8. The number of hydrogen-bond donors (Lipinski definition) is 2. The van der Waals surface area contributed by atoms with Crippen LogP contribution >= 0.6 is 24.0 Å². The van der Waals surface area contributed by atoms with E-state index in [4.69, 9.17) is 14.2 Å². The maximum Gasteiger partial charge on any atom is 0.191 e. The molecule has 1 saturated heterocycles. The van der Waals surface area contributed by atoms with Crippen LogP contribution in [-0.4, -0.2) is 85.2 Å². The molecule has 156 valence electrons. The zero-order chi connectivity index (χ0) is 18.4. The zero-order valence-electron chi connectivity index (χ0n) is 15.9. The summed E-state index contributed by atoms with van der Waals surface area (Å²) in [5.41, 5.74) is 0. The molecule has 8 nitrogen and oxygen atoms in total. The first-order valence-electron chi connectivity index (χ1n) is 8.98. The first-order chi connectivity index (χ1) is 12.0. The van der Waals surface area contributed by atoms with Gasteiger partial charge >= 0.3 is 0 Å². The highest BCUT2D eigenvalue weighted by atomic mass is 127. The van der Waals surface area contributed by atoms with Crippen molar-refractivity contribution in [2.24, 2.45) is 4.99 Å². The highest BCUT2D eigenvalue weighted by Gasteiger charge is 2.14. The van der Waals surface area contributed by atoms with E-state index < -0.39 is 9.84 Å². The van der Waals surface area contributed by atoms with Crippen LogP contribution in [0.3, 0.4) is 0 Å². The van der Waals surface area contributed by atoms with Gasteiger partial charge in [0.2, 0.25) is 0 Å². The van der Waals surface area contributed by atoms with Crippen molar-refractivity contribution in [1.29, 1.82) is 0 Å². The summed E-state index contributed by atoms with van der Waals surface area (Å²) < 4.78 is 38.4. The second-order valence-electron chi connectivity index (χ2n) is 5.99. The van der Waals surface area contributed by atoms with Crippen molar-refractivity contribution < 1.29 is 22.6 Å². The lowest BCUT2D eigenvalue weighted by molar-refractivity contribution is 0.0171. The van der Waals surface area contributed by atoms with Crippen LogP contribution in [0.15, 0.2) is 4.99 Å². The van der Waals surface area contributed by atoms with E-state index in [1.807, 2.05) is 6.92 Å². The molecular weight excluding hydrogens is 473 g/mol. The lowest BCUT2D eigenvalue weighted by Gasteiger charge is -2.12. The fourth-order valence-corrected chi connectivity index (χ4v) is 2.66. The van der Waals surface area contributed by atoms with Crippen LogP contribution in [0.1, 0.15) is 26.2 Å². The summed E-state index contributed by atoms with van der Waals surface area (Å²) in [6.45, 7) is 6.89. The highest BCUT2D eigenvalue weighted by molar-refractivity contribution is 14.0. The van der Waals surface area contributed by atoms with Gasteiger partial charge in [0.25, 0.3) is 0 Å². The number of sulfone groups is 1. The summed E-state index contributed by atoms with van der Waals surface area (Å²) in [6.07, 6.45) is 4.56. The Morgan fingerprint density at radius 3 is 2.69 bits per heavy atom. The van der Waals surface area contributed by atoms with Gasteiger partial charge in [-0.1, -0.05) is 0 Å². The van der Waals surface area contributed by atoms with Gasteiger partial charge in [0.15, 0.2) is 5.96 Å². The predicted molar refractivity (Wildman–Crippen MR) is 114 cm³/mol. The minimum absolute atomic E-state index is 0. The van der Waals surface area contributed by atoms with Gasteiger partial charge in [0.1, 0.15) is 9.84 Å². The maximum absolute atomic E-state index is 11.0. The Morgan fingerprint density at radius 1 is 1.23 bits per heavy atom. The number of nitrogens with zero attached hydrogens (tertiary/aromatic N) is 1. The van der Waals surface area contributed by atoms with Crippen molar-refractivity contribution >= 4 is 39.8 Å². The second-order valence-corrected chi connectivity index (χ2v) is 8.25. The smallest absolute Gasteiger partial charge is 0.191 e. The molecule has 1 fully saturated rings. The van der Waals surface area contributed by atoms with Crippen molar-refractivity contribution in [3.05, 3.63) is 0 Å². The third kappa shape index (κ3) is 14.9. The standard InChI is InChI=1S/C16H33N3O5S.HI/c1-3-17-16(19-8-11-22-12-13-25(2,20)21)18-7-5-9-23-14-15-6-4-10-24-15;/h15H,3-14H2,1-2H3,(H2,17,18,19);1H. The van der Waals surface area contributed by atoms with Crippen LogP contribution in [-0.2, 0) is 24.0 Å². The average molecular weight is 507 g/mol. The van der Waals surface area contributed by atoms with E-state index in [-0.39, 0.29) is 42.4 Å². The van der Waals surface area contributed by atoms with E-state index in [0.29, 0.717) is 32.9 Å². The fourth-order valence-electron chi connectivity index (χ4n) is 2.24. The van der Waals surface area contributed by atoms with Gasteiger partial charge < -0.3 is 24.8 Å². The minimum Gasteiger partial charge on any atom is -0.379 e. The van der Waals surface area contributed by atoms with Gasteiger partial charge in [0, 0.05) is 39.1 Å². The van der Waals surface area contributed by atoms with Gasteiger partial charge in [-0.15, -0.1) is 24.0 Å². The van der Waals surface area contributed by atoms with Crippen molar-refractivity contribution in [2.45, 2.75) is 32.3 Å². The number of nitrogens with one attached hydrogen (secondary N) is 2. The molecule has 1 heterocycles. The summed E-state index contributed by atoms with van der Waals surface area (Å²) in [4.78, 5) is 4.47. The molecule has 1 rings (SSSR count). The molecule has 1 unspecified atom stereocenters. The van der Waals surface area contributed by atoms with E-state index in [1.54, 1.807) is 0 Å². The molecule has 0 aromatic carbocycles. The molecule has 0 spiro atoms. The number of halogens is 1. The molecule has 10 heteroatoms. The molecule has 0 bridgehead atoms. The van der Waals surface area contributed by atoms with Crippen molar-refractivity contribution in [1.82, 2.24) is 10.6 Å². The van der Waals surface area contributed by atoms with Gasteiger partial charge in [-0.05, 0) is 26.2 Å². The Hall–Kier alpha value is -0.170. The normalized spacial score (nSPS) is 17.8. The first-order valence-corrected chi connectivity index (χ1v) is 11.0. The quantitative estimate of drug-likeness (QED) is 0.165. The molecule has 2 N–H and O–H groups in total. The van der Waals surface area contributed by atoms with E-state index in [1.165, 1.54) is 6.26 Å². The summed E-state index contributed by atoms with van der Waals surface area (Å²) >= 11 is 0. The molecule has 0 radical (unpaired) electrons. The van der Waals surface area contributed by atoms with Crippen molar-refractivity contribution in [3.63, 3.8) is 0 Å². The molecule has 1 atom stereocenters. The monoisotopic (exact) mass is 507 g/mol. The molecule has 1 aliphatic rings. The Kier molecular flexibility index (Phi) is 15.7. The predicted octanol–water partition coefficient (Wildman–Crippen LogP) is 0.806. The van der Waals surface area contributed by atoms with E-state index in [0.717, 1.165) is 38.4 Å². The molecular formula is C16H34IN3O5S. The zero-order valence-corrected chi connectivity index (χ0v) is 19.0. The average Bonchev–Trinajstić information content (AvgIpc) is 3.06. The minimum atomic E-state index is -2.96. The van der Waals surface area contributed by atoms with Gasteiger partial charge in [-0.2, -0.15) is 0 Å². The molecule has 1 aliphatic heterocycles. The van der Waals surface area contributed by atoms with Crippen LogP contribution in [0, 0.1) is 0 Å². The third-order valence-corrected chi connectivity index (χ3v) is 4.43. The Bertz CT molecular complexity index is 471. The summed E-state index contributed by atoms with van der Waals surface area (Å²) in [6, 6.07) is 0. The first kappa shape index (κ1) is 25.8. The Morgan fingerprint density at radius 2 is 2.04 bits per heavy atom. The van der Waals surface area contributed by atoms with Crippen molar-refractivity contribution in [2.75, 3.05) is 64.7 Å². The van der Waals surface area contributed by atoms with E-state index in [9.17, 15) is 8.42 Å². The molecule has 0 aromatic rings.